The zero-order valence-electron chi connectivity index (χ0n) is 13.6. The van der Waals surface area contributed by atoms with Crippen LogP contribution in [0.5, 0.6) is 0 Å². The fourth-order valence-electron chi connectivity index (χ4n) is 2.93. The Balaban J connectivity index is 2.12. The molecule has 3 aromatic carbocycles. The van der Waals surface area contributed by atoms with Gasteiger partial charge in [0.2, 0.25) is 0 Å². The van der Waals surface area contributed by atoms with Gasteiger partial charge in [0, 0.05) is 16.8 Å². The normalized spacial score (nSPS) is 11.4. The lowest BCUT2D eigenvalue weighted by atomic mass is 10.1. The summed E-state index contributed by atoms with van der Waals surface area (Å²) in [4.78, 5) is 0. The van der Waals surface area contributed by atoms with Crippen LogP contribution >= 0.6 is 7.14 Å². The van der Waals surface area contributed by atoms with Crippen LogP contribution in [-0.2, 0) is 10.7 Å². The van der Waals surface area contributed by atoms with E-state index in [-0.39, 0.29) is 0 Å². The molecule has 0 amide bonds. The molecule has 0 saturated heterocycles. The molecule has 0 bridgehead atoms. The molecule has 0 radical (unpaired) electrons. The van der Waals surface area contributed by atoms with Crippen LogP contribution in [0.2, 0.25) is 0 Å². The highest BCUT2D eigenvalue weighted by molar-refractivity contribution is 7.78. The molecule has 116 valence electrons. The second kappa shape index (κ2) is 6.56. The summed E-state index contributed by atoms with van der Waals surface area (Å²) in [5, 5.41) is 1.84. The molecule has 0 aliphatic carbocycles. The molecule has 0 heterocycles. The minimum absolute atomic E-state index is 0.563. The van der Waals surface area contributed by atoms with Gasteiger partial charge in [0.15, 0.2) is 0 Å². The van der Waals surface area contributed by atoms with Crippen molar-refractivity contribution in [3.05, 3.63) is 95.6 Å². The van der Waals surface area contributed by atoms with E-state index in [0.29, 0.717) is 6.16 Å². The first-order valence-corrected chi connectivity index (χ1v) is 9.75. The Labute approximate surface area is 138 Å². The Morgan fingerprint density at radius 2 is 1.26 bits per heavy atom. The van der Waals surface area contributed by atoms with E-state index in [9.17, 15) is 4.57 Å². The highest BCUT2D eigenvalue weighted by Gasteiger charge is 2.27. The SMILES string of the molecule is Cc1ccc(CP(=O)(c2ccccc2)c2ccccc2)c(C)c1. The maximum Gasteiger partial charge on any atom is 0.147 e. The van der Waals surface area contributed by atoms with Gasteiger partial charge in [-0.3, -0.25) is 0 Å². The molecule has 23 heavy (non-hydrogen) atoms. The molecule has 3 aromatic rings. The topological polar surface area (TPSA) is 17.1 Å². The average molecular weight is 320 g/mol. The van der Waals surface area contributed by atoms with Crippen LogP contribution in [0.4, 0.5) is 0 Å². The first-order valence-electron chi connectivity index (χ1n) is 7.86. The van der Waals surface area contributed by atoms with Crippen molar-refractivity contribution in [2.45, 2.75) is 20.0 Å². The Morgan fingerprint density at radius 3 is 1.74 bits per heavy atom. The first kappa shape index (κ1) is 15.8. The maximum absolute atomic E-state index is 14.0. The van der Waals surface area contributed by atoms with Gasteiger partial charge in [0.25, 0.3) is 0 Å². The van der Waals surface area contributed by atoms with Crippen molar-refractivity contribution in [1.82, 2.24) is 0 Å². The van der Waals surface area contributed by atoms with Crippen LogP contribution < -0.4 is 10.6 Å². The molecule has 0 saturated carbocycles. The lowest BCUT2D eigenvalue weighted by Crippen LogP contribution is -2.17. The first-order chi connectivity index (χ1) is 11.1. The molecule has 0 aromatic heterocycles. The van der Waals surface area contributed by atoms with E-state index < -0.39 is 7.14 Å². The molecule has 0 aliphatic heterocycles. The second-order valence-electron chi connectivity index (χ2n) is 6.00. The zero-order chi connectivity index (χ0) is 16.3. The highest BCUT2D eigenvalue weighted by Crippen LogP contribution is 2.47. The van der Waals surface area contributed by atoms with Crippen LogP contribution in [0.25, 0.3) is 0 Å². The fourth-order valence-corrected chi connectivity index (χ4v) is 5.74. The van der Waals surface area contributed by atoms with E-state index in [0.717, 1.165) is 16.2 Å². The number of benzene rings is 3. The van der Waals surface area contributed by atoms with E-state index >= 15 is 0 Å². The molecular weight excluding hydrogens is 299 g/mol. The summed E-state index contributed by atoms with van der Waals surface area (Å²) in [5.41, 5.74) is 3.60. The minimum Gasteiger partial charge on any atom is -0.313 e. The van der Waals surface area contributed by atoms with Crippen molar-refractivity contribution < 1.29 is 4.57 Å². The van der Waals surface area contributed by atoms with Crippen LogP contribution in [0.3, 0.4) is 0 Å². The zero-order valence-corrected chi connectivity index (χ0v) is 14.5. The second-order valence-corrected chi connectivity index (χ2v) is 8.83. The maximum atomic E-state index is 14.0. The summed E-state index contributed by atoms with van der Waals surface area (Å²) in [6.45, 7) is 4.19. The van der Waals surface area contributed by atoms with Crippen molar-refractivity contribution in [2.24, 2.45) is 0 Å². The van der Waals surface area contributed by atoms with Crippen molar-refractivity contribution in [3.8, 4) is 0 Å². The molecule has 0 fully saturated rings. The third-order valence-corrected chi connectivity index (χ3v) is 7.29. The summed E-state index contributed by atoms with van der Waals surface area (Å²) in [7, 11) is -2.69. The third-order valence-electron chi connectivity index (χ3n) is 4.24. The third kappa shape index (κ3) is 3.30. The van der Waals surface area contributed by atoms with Crippen molar-refractivity contribution >= 4 is 17.8 Å². The van der Waals surface area contributed by atoms with Crippen LogP contribution in [-0.4, -0.2) is 0 Å². The lowest BCUT2D eigenvalue weighted by molar-refractivity contribution is 0.586. The van der Waals surface area contributed by atoms with Crippen molar-refractivity contribution in [3.63, 3.8) is 0 Å². The van der Waals surface area contributed by atoms with Crippen LogP contribution in [0.15, 0.2) is 78.9 Å². The molecule has 3 rings (SSSR count). The summed E-state index contributed by atoms with van der Waals surface area (Å²) >= 11 is 0. The van der Waals surface area contributed by atoms with Crippen LogP contribution in [0, 0.1) is 13.8 Å². The van der Waals surface area contributed by atoms with E-state index in [4.69, 9.17) is 0 Å². The summed E-state index contributed by atoms with van der Waals surface area (Å²) < 4.78 is 14.0. The monoisotopic (exact) mass is 320 g/mol. The van der Waals surface area contributed by atoms with Gasteiger partial charge in [-0.15, -0.1) is 0 Å². The smallest absolute Gasteiger partial charge is 0.147 e. The van der Waals surface area contributed by atoms with E-state index in [1.54, 1.807) is 0 Å². The van der Waals surface area contributed by atoms with Gasteiger partial charge in [0.1, 0.15) is 7.14 Å². The van der Waals surface area contributed by atoms with E-state index in [2.05, 4.69) is 32.0 Å². The van der Waals surface area contributed by atoms with Gasteiger partial charge < -0.3 is 4.57 Å². The molecule has 1 nitrogen and oxygen atoms in total. The van der Waals surface area contributed by atoms with Crippen molar-refractivity contribution in [2.75, 3.05) is 0 Å². The standard InChI is InChI=1S/C21H21OP/c1-17-13-14-19(18(2)15-17)16-23(22,20-9-5-3-6-10-20)21-11-7-4-8-12-21/h3-15H,16H2,1-2H3. The summed E-state index contributed by atoms with van der Waals surface area (Å²) in [5.74, 6) is 0. The Morgan fingerprint density at radius 1 is 0.739 bits per heavy atom. The molecule has 0 spiro atoms. The fraction of sp³-hybridized carbons (Fsp3) is 0.143. The quantitative estimate of drug-likeness (QED) is 0.630. The van der Waals surface area contributed by atoms with Crippen LogP contribution in [0.1, 0.15) is 16.7 Å². The predicted octanol–water partition coefficient (Wildman–Crippen LogP) is 4.82. The lowest BCUT2D eigenvalue weighted by Gasteiger charge is -2.20. The average Bonchev–Trinajstić information content (AvgIpc) is 2.59. The molecule has 0 atom stereocenters. The number of rotatable bonds is 4. The number of hydrogen-bond donors (Lipinski definition) is 0. The van der Waals surface area contributed by atoms with Gasteiger partial charge in [-0.05, 0) is 25.0 Å². The Hall–Kier alpha value is -2.11. The molecule has 0 unspecified atom stereocenters. The molecule has 0 N–H and O–H groups in total. The largest absolute Gasteiger partial charge is 0.313 e. The Kier molecular flexibility index (Phi) is 4.50. The number of aryl methyl sites for hydroxylation is 2. The van der Waals surface area contributed by atoms with Gasteiger partial charge in [-0.1, -0.05) is 84.4 Å². The van der Waals surface area contributed by atoms with Gasteiger partial charge in [-0.25, -0.2) is 0 Å². The molecule has 2 heteroatoms. The molecular formula is C21H21OP. The van der Waals surface area contributed by atoms with Crippen molar-refractivity contribution in [1.29, 1.82) is 0 Å². The predicted molar refractivity (Wildman–Crippen MR) is 99.4 cm³/mol. The Bertz CT molecular complexity index is 795. The highest BCUT2D eigenvalue weighted by atomic mass is 31.2. The summed E-state index contributed by atoms with van der Waals surface area (Å²) in [6, 6.07) is 26.1. The van der Waals surface area contributed by atoms with E-state index in [1.807, 2.05) is 60.7 Å². The summed E-state index contributed by atoms with van der Waals surface area (Å²) in [6.07, 6.45) is 0.563. The van der Waals surface area contributed by atoms with Gasteiger partial charge in [-0.2, -0.15) is 0 Å². The number of hydrogen-bond acceptors (Lipinski definition) is 1. The molecule has 0 aliphatic rings. The van der Waals surface area contributed by atoms with E-state index in [1.165, 1.54) is 11.1 Å². The van der Waals surface area contributed by atoms with Gasteiger partial charge >= 0.3 is 0 Å². The minimum atomic E-state index is -2.69. The van der Waals surface area contributed by atoms with Gasteiger partial charge in [0.05, 0.1) is 0 Å².